The van der Waals surface area contributed by atoms with E-state index in [-0.39, 0.29) is 0 Å². The van der Waals surface area contributed by atoms with Crippen LogP contribution in [0.1, 0.15) is 25.3 Å². The first-order valence-electron chi connectivity index (χ1n) is 5.08. The number of aromatic amines is 1. The Kier molecular flexibility index (Phi) is 2.46. The first-order chi connectivity index (χ1) is 7.20. The number of hydrogen-bond acceptors (Lipinski definition) is 2. The Labute approximate surface area is 89.3 Å². The van der Waals surface area contributed by atoms with E-state index in [0.29, 0.717) is 5.92 Å². The Hall–Kier alpha value is -1.77. The molecule has 3 nitrogen and oxygen atoms in total. The molecule has 0 aliphatic rings. The fraction of sp³-hybridized carbons (Fsp3) is 0.250. The molecule has 0 bridgehead atoms. The molecule has 0 fully saturated rings. The molecule has 3 N–H and O–H groups in total. The maximum absolute atomic E-state index is 5.93. The second kappa shape index (κ2) is 3.77. The van der Waals surface area contributed by atoms with E-state index in [1.807, 2.05) is 30.5 Å². The Bertz CT molecular complexity index is 457. The summed E-state index contributed by atoms with van der Waals surface area (Å²) in [6.45, 7) is 4.29. The number of nitrogens with zero attached hydrogens (tertiary/aromatic N) is 1. The van der Waals surface area contributed by atoms with Gasteiger partial charge in [0.2, 0.25) is 0 Å². The Morgan fingerprint density at radius 1 is 1.27 bits per heavy atom. The van der Waals surface area contributed by atoms with Crippen molar-refractivity contribution in [1.82, 2.24) is 10.2 Å². The zero-order chi connectivity index (χ0) is 10.8. The van der Waals surface area contributed by atoms with E-state index in [1.165, 1.54) is 5.56 Å². The van der Waals surface area contributed by atoms with Gasteiger partial charge in [-0.25, -0.2) is 0 Å². The molecule has 0 atom stereocenters. The average molecular weight is 201 g/mol. The summed E-state index contributed by atoms with van der Waals surface area (Å²) in [7, 11) is 0. The Morgan fingerprint density at radius 2 is 2.00 bits per heavy atom. The van der Waals surface area contributed by atoms with Crippen molar-refractivity contribution in [1.29, 1.82) is 0 Å². The summed E-state index contributed by atoms with van der Waals surface area (Å²) in [4.78, 5) is 0. The number of nitrogens with one attached hydrogen (secondary N) is 1. The van der Waals surface area contributed by atoms with E-state index in [9.17, 15) is 0 Å². The molecule has 3 heteroatoms. The topological polar surface area (TPSA) is 54.7 Å². The number of anilines is 1. The number of hydrogen-bond donors (Lipinski definition) is 2. The molecule has 0 amide bonds. The van der Waals surface area contributed by atoms with Crippen LogP contribution in [0.5, 0.6) is 0 Å². The molecule has 0 unspecified atom stereocenters. The molecule has 15 heavy (non-hydrogen) atoms. The van der Waals surface area contributed by atoms with Gasteiger partial charge in [-0.05, 0) is 12.0 Å². The van der Waals surface area contributed by atoms with Crippen LogP contribution in [-0.2, 0) is 0 Å². The number of nitrogen functional groups attached to an aromatic ring is 1. The number of rotatable bonds is 2. The van der Waals surface area contributed by atoms with E-state index >= 15 is 0 Å². The molecule has 2 aromatic rings. The van der Waals surface area contributed by atoms with E-state index in [4.69, 9.17) is 5.73 Å². The van der Waals surface area contributed by atoms with Gasteiger partial charge in [0.05, 0.1) is 11.9 Å². The predicted octanol–water partition coefficient (Wildman–Crippen LogP) is 2.78. The summed E-state index contributed by atoms with van der Waals surface area (Å²) in [5.74, 6) is 0.443. The lowest BCUT2D eigenvalue weighted by Crippen LogP contribution is -1.93. The molecule has 78 valence electrons. The van der Waals surface area contributed by atoms with Crippen LogP contribution in [0.3, 0.4) is 0 Å². The molecule has 0 radical (unpaired) electrons. The van der Waals surface area contributed by atoms with Crippen molar-refractivity contribution in [2.75, 3.05) is 5.73 Å². The van der Waals surface area contributed by atoms with Gasteiger partial charge in [-0.3, -0.25) is 5.10 Å². The predicted molar refractivity (Wildman–Crippen MR) is 62.5 cm³/mol. The van der Waals surface area contributed by atoms with Gasteiger partial charge >= 0.3 is 0 Å². The normalized spacial score (nSPS) is 10.9. The molecular formula is C12H15N3. The number of benzene rings is 1. The van der Waals surface area contributed by atoms with E-state index in [1.54, 1.807) is 0 Å². The van der Waals surface area contributed by atoms with Gasteiger partial charge in [-0.15, -0.1) is 0 Å². The summed E-state index contributed by atoms with van der Waals surface area (Å²) in [6.07, 6.45) is 1.87. The zero-order valence-corrected chi connectivity index (χ0v) is 8.99. The van der Waals surface area contributed by atoms with Crippen LogP contribution < -0.4 is 5.73 Å². The molecule has 1 aromatic carbocycles. The van der Waals surface area contributed by atoms with Gasteiger partial charge in [-0.2, -0.15) is 5.10 Å². The summed E-state index contributed by atoms with van der Waals surface area (Å²) in [5, 5.41) is 7.09. The van der Waals surface area contributed by atoms with Gasteiger partial charge in [-0.1, -0.05) is 32.0 Å². The third kappa shape index (κ3) is 1.73. The first-order valence-corrected chi connectivity index (χ1v) is 5.08. The van der Waals surface area contributed by atoms with Gasteiger partial charge in [0.25, 0.3) is 0 Å². The first kappa shape index (κ1) is 9.77. The lowest BCUT2D eigenvalue weighted by Gasteiger charge is -2.08. The summed E-state index contributed by atoms with van der Waals surface area (Å²) in [6, 6.07) is 7.83. The minimum Gasteiger partial charge on any atom is -0.398 e. The fourth-order valence-corrected chi connectivity index (χ4v) is 1.67. The van der Waals surface area contributed by atoms with Crippen molar-refractivity contribution >= 4 is 5.69 Å². The highest BCUT2D eigenvalue weighted by atomic mass is 15.1. The molecule has 1 heterocycles. The lowest BCUT2D eigenvalue weighted by molar-refractivity contribution is 0.870. The monoisotopic (exact) mass is 201 g/mol. The van der Waals surface area contributed by atoms with Gasteiger partial charge in [0, 0.05) is 16.8 Å². The van der Waals surface area contributed by atoms with Crippen molar-refractivity contribution in [3.63, 3.8) is 0 Å². The zero-order valence-electron chi connectivity index (χ0n) is 8.99. The second-order valence-electron chi connectivity index (χ2n) is 3.94. The van der Waals surface area contributed by atoms with Crippen LogP contribution in [0.4, 0.5) is 5.69 Å². The van der Waals surface area contributed by atoms with Crippen LogP contribution in [0.15, 0.2) is 30.5 Å². The summed E-state index contributed by atoms with van der Waals surface area (Å²) in [5.41, 5.74) is 9.97. The maximum Gasteiger partial charge on any atom is 0.0705 e. The number of para-hydroxylation sites is 1. The minimum atomic E-state index is 0.443. The van der Waals surface area contributed by atoms with Crippen molar-refractivity contribution < 1.29 is 0 Å². The number of H-pyrrole nitrogens is 1. The molecule has 0 saturated heterocycles. The van der Waals surface area contributed by atoms with Gasteiger partial charge in [0.1, 0.15) is 0 Å². The minimum absolute atomic E-state index is 0.443. The van der Waals surface area contributed by atoms with Crippen LogP contribution in [-0.4, -0.2) is 10.2 Å². The van der Waals surface area contributed by atoms with Crippen LogP contribution in [0, 0.1) is 0 Å². The SMILES string of the molecule is CC(C)c1cn[nH]c1-c1ccccc1N. The highest BCUT2D eigenvalue weighted by Gasteiger charge is 2.12. The van der Waals surface area contributed by atoms with Crippen LogP contribution in [0.2, 0.25) is 0 Å². The number of nitrogens with two attached hydrogens (primary N) is 1. The van der Waals surface area contributed by atoms with Crippen LogP contribution in [0.25, 0.3) is 11.3 Å². The standard InChI is InChI=1S/C12H15N3/c1-8(2)10-7-14-15-12(10)9-5-3-4-6-11(9)13/h3-8H,13H2,1-2H3,(H,14,15). The second-order valence-corrected chi connectivity index (χ2v) is 3.94. The van der Waals surface area contributed by atoms with Crippen molar-refractivity contribution in [3.05, 3.63) is 36.0 Å². The molecular weight excluding hydrogens is 186 g/mol. The van der Waals surface area contributed by atoms with E-state index in [2.05, 4.69) is 24.0 Å². The third-order valence-electron chi connectivity index (χ3n) is 2.52. The van der Waals surface area contributed by atoms with Crippen molar-refractivity contribution in [2.24, 2.45) is 0 Å². The maximum atomic E-state index is 5.93. The molecule has 2 rings (SSSR count). The van der Waals surface area contributed by atoms with Gasteiger partial charge in [0.15, 0.2) is 0 Å². The number of aromatic nitrogens is 2. The Morgan fingerprint density at radius 3 is 2.67 bits per heavy atom. The average Bonchev–Trinajstić information content (AvgIpc) is 2.67. The molecule has 1 aromatic heterocycles. The highest BCUT2D eigenvalue weighted by Crippen LogP contribution is 2.30. The molecule has 0 aliphatic carbocycles. The van der Waals surface area contributed by atoms with Gasteiger partial charge < -0.3 is 5.73 Å². The molecule has 0 spiro atoms. The smallest absolute Gasteiger partial charge is 0.0705 e. The largest absolute Gasteiger partial charge is 0.398 e. The summed E-state index contributed by atoms with van der Waals surface area (Å²) < 4.78 is 0. The van der Waals surface area contributed by atoms with E-state index in [0.717, 1.165) is 16.9 Å². The van der Waals surface area contributed by atoms with Crippen LogP contribution >= 0.6 is 0 Å². The molecule has 0 aliphatic heterocycles. The lowest BCUT2D eigenvalue weighted by atomic mass is 9.99. The summed E-state index contributed by atoms with van der Waals surface area (Å²) >= 11 is 0. The highest BCUT2D eigenvalue weighted by molar-refractivity contribution is 5.75. The van der Waals surface area contributed by atoms with E-state index < -0.39 is 0 Å². The van der Waals surface area contributed by atoms with Crippen molar-refractivity contribution in [2.45, 2.75) is 19.8 Å². The Balaban J connectivity index is 2.55. The molecule has 0 saturated carbocycles. The quantitative estimate of drug-likeness (QED) is 0.734. The fourth-order valence-electron chi connectivity index (χ4n) is 1.67. The third-order valence-corrected chi connectivity index (χ3v) is 2.52. The van der Waals surface area contributed by atoms with Crippen molar-refractivity contribution in [3.8, 4) is 11.3 Å².